The number of rotatable bonds is 0. The molecule has 1 aromatic carbocycles. The highest BCUT2D eigenvalue weighted by Gasteiger charge is 2.13. The highest BCUT2D eigenvalue weighted by atomic mass is 127. The van der Waals surface area contributed by atoms with E-state index in [0.29, 0.717) is 11.1 Å². The maximum absolute atomic E-state index is 8.87. The second kappa shape index (κ2) is 4.75. The Labute approximate surface area is 117 Å². The zero-order valence-electron chi connectivity index (χ0n) is 6.11. The fourth-order valence-corrected chi connectivity index (χ4v) is 3.23. The van der Waals surface area contributed by atoms with Crippen LogP contribution in [0.4, 0.5) is 0 Å². The molecule has 5 heteroatoms. The van der Waals surface area contributed by atoms with Crippen molar-refractivity contribution in [2.75, 3.05) is 0 Å². The van der Waals surface area contributed by atoms with Gasteiger partial charge in [-0.3, -0.25) is 0 Å². The van der Waals surface area contributed by atoms with Crippen LogP contribution in [0.1, 0.15) is 11.1 Å². The van der Waals surface area contributed by atoms with Gasteiger partial charge in [0, 0.05) is 10.7 Å². The second-order valence-corrected chi connectivity index (χ2v) is 5.53. The summed E-state index contributed by atoms with van der Waals surface area (Å²) < 4.78 is 2.71. The second-order valence-electron chi connectivity index (χ2n) is 2.13. The Bertz CT molecular complexity index is 440. The first-order valence-electron chi connectivity index (χ1n) is 3.09. The summed E-state index contributed by atoms with van der Waals surface area (Å²) in [6, 6.07) is 6.01. The number of halogens is 3. The molecule has 0 amide bonds. The van der Waals surface area contributed by atoms with E-state index in [9.17, 15) is 0 Å². The van der Waals surface area contributed by atoms with Crippen LogP contribution in [0.3, 0.4) is 0 Å². The lowest BCUT2D eigenvalue weighted by Crippen LogP contribution is -1.95. The number of nitrogens with zero attached hydrogens (tertiary/aromatic N) is 2. The molecule has 0 aliphatic rings. The van der Waals surface area contributed by atoms with Crippen molar-refractivity contribution in [2.45, 2.75) is 0 Å². The van der Waals surface area contributed by atoms with E-state index >= 15 is 0 Å². The summed E-state index contributed by atoms with van der Waals surface area (Å²) in [5, 5.41) is 17.7. The van der Waals surface area contributed by atoms with E-state index in [4.69, 9.17) is 10.5 Å². The van der Waals surface area contributed by atoms with E-state index in [1.165, 1.54) is 0 Å². The van der Waals surface area contributed by atoms with Gasteiger partial charge in [0.25, 0.3) is 0 Å². The van der Waals surface area contributed by atoms with E-state index in [0.717, 1.165) is 10.7 Å². The summed E-state index contributed by atoms with van der Waals surface area (Å²) in [6.07, 6.45) is 0. The van der Waals surface area contributed by atoms with Crippen LogP contribution in [0.2, 0.25) is 0 Å². The summed E-state index contributed by atoms with van der Waals surface area (Å²) in [4.78, 5) is 0. The third kappa shape index (κ3) is 2.25. The number of benzene rings is 1. The summed E-state index contributed by atoms with van der Waals surface area (Å²) in [6.45, 7) is 0. The van der Waals surface area contributed by atoms with E-state index in [-0.39, 0.29) is 0 Å². The maximum Gasteiger partial charge on any atom is 0.102 e. The van der Waals surface area contributed by atoms with Crippen molar-refractivity contribution in [3.63, 3.8) is 0 Å². The molecular weight excluding hydrogens is 505 g/mol. The number of nitriles is 2. The molecule has 0 aliphatic carbocycles. The Kier molecular flexibility index (Phi) is 4.19. The first-order valence-corrected chi connectivity index (χ1v) is 6.33. The SMILES string of the molecule is N#Cc1c(I)cc(I)c(I)c1C#N. The number of hydrogen-bond donors (Lipinski definition) is 0. The van der Waals surface area contributed by atoms with Crippen molar-refractivity contribution in [3.05, 3.63) is 27.9 Å². The van der Waals surface area contributed by atoms with Crippen molar-refractivity contribution >= 4 is 67.8 Å². The summed E-state index contributed by atoms with van der Waals surface area (Å²) in [7, 11) is 0. The van der Waals surface area contributed by atoms with Crippen LogP contribution in [0.25, 0.3) is 0 Å². The van der Waals surface area contributed by atoms with Crippen LogP contribution in [-0.2, 0) is 0 Å². The monoisotopic (exact) mass is 506 g/mol. The lowest BCUT2D eigenvalue weighted by molar-refractivity contribution is 1.37. The topological polar surface area (TPSA) is 47.6 Å². The molecule has 0 aromatic heterocycles. The molecule has 0 heterocycles. The predicted octanol–water partition coefficient (Wildman–Crippen LogP) is 3.24. The van der Waals surface area contributed by atoms with Gasteiger partial charge < -0.3 is 0 Å². The van der Waals surface area contributed by atoms with E-state index in [1.807, 2.05) is 12.1 Å². The summed E-state index contributed by atoms with van der Waals surface area (Å²) in [5.41, 5.74) is 0.965. The van der Waals surface area contributed by atoms with Gasteiger partial charge in [-0.1, -0.05) is 0 Å². The molecule has 1 rings (SSSR count). The lowest BCUT2D eigenvalue weighted by atomic mass is 10.1. The van der Waals surface area contributed by atoms with Gasteiger partial charge in [0.05, 0.1) is 11.1 Å². The van der Waals surface area contributed by atoms with Crippen LogP contribution < -0.4 is 0 Å². The molecule has 0 saturated carbocycles. The summed E-state index contributed by atoms with van der Waals surface area (Å²) >= 11 is 6.32. The number of hydrogen-bond acceptors (Lipinski definition) is 2. The van der Waals surface area contributed by atoms with Crippen molar-refractivity contribution in [1.82, 2.24) is 0 Å². The van der Waals surface area contributed by atoms with Crippen molar-refractivity contribution in [1.29, 1.82) is 10.5 Å². The van der Waals surface area contributed by atoms with E-state index in [2.05, 4.69) is 73.8 Å². The van der Waals surface area contributed by atoms with Gasteiger partial charge in [0.15, 0.2) is 0 Å². The quantitative estimate of drug-likeness (QED) is 0.401. The smallest absolute Gasteiger partial charge is 0.102 e. The lowest BCUT2D eigenvalue weighted by Gasteiger charge is -2.03. The Hall–Kier alpha value is 0.390. The fraction of sp³-hybridized carbons (Fsp3) is 0. The van der Waals surface area contributed by atoms with Gasteiger partial charge in [-0.2, -0.15) is 10.5 Å². The van der Waals surface area contributed by atoms with Crippen molar-refractivity contribution < 1.29 is 0 Å². The van der Waals surface area contributed by atoms with Crippen molar-refractivity contribution in [3.8, 4) is 12.1 Å². The first kappa shape index (κ1) is 11.5. The van der Waals surface area contributed by atoms with Gasteiger partial charge in [0.2, 0.25) is 0 Å². The standard InChI is InChI=1S/C8HI3N2/c9-6-1-7(10)8(11)5(3-13)4(6)2-12/h1H. The van der Waals surface area contributed by atoms with E-state index in [1.54, 1.807) is 0 Å². The predicted molar refractivity (Wildman–Crippen MR) is 74.0 cm³/mol. The van der Waals surface area contributed by atoms with Gasteiger partial charge in [-0.25, -0.2) is 0 Å². The highest BCUT2D eigenvalue weighted by Crippen LogP contribution is 2.26. The fourth-order valence-electron chi connectivity index (χ4n) is 0.810. The van der Waals surface area contributed by atoms with E-state index < -0.39 is 0 Å². The Balaban J connectivity index is 3.66. The average Bonchev–Trinajstić information content (AvgIpc) is 2.10. The zero-order chi connectivity index (χ0) is 10.0. The molecule has 0 spiro atoms. The minimum Gasteiger partial charge on any atom is -0.192 e. The van der Waals surface area contributed by atoms with Crippen LogP contribution in [0.15, 0.2) is 6.07 Å². The highest BCUT2D eigenvalue weighted by molar-refractivity contribution is 14.1. The van der Waals surface area contributed by atoms with Crippen LogP contribution in [0, 0.1) is 33.4 Å². The molecule has 0 fully saturated rings. The average molecular weight is 506 g/mol. The molecule has 0 unspecified atom stereocenters. The Morgan fingerprint density at radius 1 is 0.923 bits per heavy atom. The first-order chi connectivity index (χ1) is 6.11. The third-order valence-electron chi connectivity index (χ3n) is 1.40. The van der Waals surface area contributed by atoms with Crippen molar-refractivity contribution in [2.24, 2.45) is 0 Å². The maximum atomic E-state index is 8.87. The van der Waals surface area contributed by atoms with Crippen LogP contribution in [0.5, 0.6) is 0 Å². The third-order valence-corrected chi connectivity index (χ3v) is 5.25. The Morgan fingerprint density at radius 2 is 1.46 bits per heavy atom. The minimum absolute atomic E-state index is 0.480. The largest absolute Gasteiger partial charge is 0.192 e. The van der Waals surface area contributed by atoms with Gasteiger partial charge in [-0.15, -0.1) is 0 Å². The normalized spacial score (nSPS) is 9.00. The molecule has 0 aliphatic heterocycles. The Morgan fingerprint density at radius 3 is 1.92 bits per heavy atom. The molecule has 0 saturated heterocycles. The zero-order valence-corrected chi connectivity index (χ0v) is 12.6. The van der Waals surface area contributed by atoms with Crippen LogP contribution >= 0.6 is 67.8 Å². The summed E-state index contributed by atoms with van der Waals surface area (Å²) in [5.74, 6) is 0. The molecule has 0 radical (unpaired) electrons. The van der Waals surface area contributed by atoms with Gasteiger partial charge in [0.1, 0.15) is 12.1 Å². The molecule has 13 heavy (non-hydrogen) atoms. The molecule has 0 bridgehead atoms. The van der Waals surface area contributed by atoms with Crippen LogP contribution in [-0.4, -0.2) is 0 Å². The molecule has 2 nitrogen and oxygen atoms in total. The molecule has 0 atom stereocenters. The molecule has 64 valence electrons. The molecule has 0 N–H and O–H groups in total. The van der Waals surface area contributed by atoms with Gasteiger partial charge >= 0.3 is 0 Å². The molecule has 1 aromatic rings. The molecular formula is C8HI3N2. The van der Waals surface area contributed by atoms with Gasteiger partial charge in [-0.05, 0) is 73.8 Å². The minimum atomic E-state index is 0.480.